The predicted octanol–water partition coefficient (Wildman–Crippen LogP) is 4.11. The van der Waals surface area contributed by atoms with Gasteiger partial charge in [-0.15, -0.1) is 0 Å². The highest BCUT2D eigenvalue weighted by Crippen LogP contribution is 2.16. The number of rotatable bonds is 6. The van der Waals surface area contributed by atoms with E-state index < -0.39 is 0 Å². The Morgan fingerprint density at radius 2 is 1.89 bits per heavy atom. The van der Waals surface area contributed by atoms with Crippen LogP contribution in [0.3, 0.4) is 0 Å². The van der Waals surface area contributed by atoms with Gasteiger partial charge in [0.2, 0.25) is 5.95 Å². The third-order valence-corrected chi connectivity index (χ3v) is 4.26. The first-order valence-corrected chi connectivity index (χ1v) is 8.74. The van der Waals surface area contributed by atoms with E-state index in [0.717, 1.165) is 11.3 Å². The molecule has 0 bridgehead atoms. The van der Waals surface area contributed by atoms with Crippen LogP contribution in [0.1, 0.15) is 27.2 Å². The van der Waals surface area contributed by atoms with E-state index in [-0.39, 0.29) is 11.7 Å². The van der Waals surface area contributed by atoms with Crippen LogP contribution in [0.2, 0.25) is 0 Å². The molecule has 2 aromatic carbocycles. The van der Waals surface area contributed by atoms with Crippen molar-refractivity contribution >= 4 is 17.5 Å². The Morgan fingerprint density at radius 3 is 2.54 bits per heavy atom. The molecule has 0 aliphatic heterocycles. The topological polar surface area (TPSA) is 76.1 Å². The van der Waals surface area contributed by atoms with Gasteiger partial charge in [0.1, 0.15) is 11.6 Å². The Kier molecular flexibility index (Phi) is 5.84. The Balaban J connectivity index is 1.65. The molecule has 0 aliphatic carbocycles. The lowest BCUT2D eigenvalue weighted by atomic mass is 10.2. The zero-order chi connectivity index (χ0) is 20.1. The minimum Gasteiger partial charge on any atom is -0.497 e. The van der Waals surface area contributed by atoms with E-state index in [1.54, 1.807) is 33.1 Å². The number of halogens is 1. The van der Waals surface area contributed by atoms with E-state index >= 15 is 0 Å². The lowest BCUT2D eigenvalue weighted by Gasteiger charge is -2.10. The highest BCUT2D eigenvalue weighted by molar-refractivity contribution is 6.04. The summed E-state index contributed by atoms with van der Waals surface area (Å²) in [6.45, 7) is 3.93. The minimum atomic E-state index is -0.387. The molecule has 0 radical (unpaired) electrons. The first kappa shape index (κ1) is 19.3. The number of hydrogen-bond acceptors (Lipinski definition) is 5. The van der Waals surface area contributed by atoms with Crippen LogP contribution >= 0.6 is 0 Å². The van der Waals surface area contributed by atoms with Gasteiger partial charge in [-0.25, -0.2) is 14.4 Å². The summed E-state index contributed by atoms with van der Waals surface area (Å²) in [5.41, 5.74) is 2.80. The number of amides is 1. The fourth-order valence-electron chi connectivity index (χ4n) is 2.57. The van der Waals surface area contributed by atoms with Crippen LogP contribution in [0, 0.1) is 19.7 Å². The molecule has 3 rings (SSSR count). The molecule has 0 aliphatic rings. The maximum atomic E-state index is 13.6. The van der Waals surface area contributed by atoms with Crippen LogP contribution in [0.5, 0.6) is 5.75 Å². The molecule has 6 nitrogen and oxygen atoms in total. The first-order chi connectivity index (χ1) is 13.5. The summed E-state index contributed by atoms with van der Waals surface area (Å²) in [6.07, 6.45) is 1.46. The van der Waals surface area contributed by atoms with Gasteiger partial charge in [-0.3, -0.25) is 4.79 Å². The third kappa shape index (κ3) is 4.62. The number of carbonyl (C=O) groups excluding carboxylic acids is 1. The molecule has 28 heavy (non-hydrogen) atoms. The minimum absolute atomic E-state index is 0.330. The fraction of sp³-hybridized carbons (Fsp3) is 0.190. The zero-order valence-electron chi connectivity index (χ0n) is 15.9. The molecule has 3 aromatic rings. The Morgan fingerprint density at radius 1 is 1.14 bits per heavy atom. The van der Waals surface area contributed by atoms with Crippen LogP contribution < -0.4 is 15.4 Å². The molecular weight excluding hydrogens is 359 g/mol. The van der Waals surface area contributed by atoms with E-state index in [4.69, 9.17) is 4.74 Å². The number of methoxy groups -OCH3 is 1. The van der Waals surface area contributed by atoms with E-state index in [0.29, 0.717) is 35.0 Å². The lowest BCUT2D eigenvalue weighted by Crippen LogP contribution is -2.16. The van der Waals surface area contributed by atoms with Crippen molar-refractivity contribution in [3.05, 3.63) is 76.9 Å². The number of ether oxygens (including phenoxy) is 1. The molecule has 0 fully saturated rings. The molecule has 0 atom stereocenters. The summed E-state index contributed by atoms with van der Waals surface area (Å²) in [6, 6.07) is 12.2. The number of aromatic nitrogens is 2. The summed E-state index contributed by atoms with van der Waals surface area (Å²) < 4.78 is 18.8. The molecule has 2 N–H and O–H groups in total. The summed E-state index contributed by atoms with van der Waals surface area (Å²) >= 11 is 0. The van der Waals surface area contributed by atoms with E-state index in [1.807, 2.05) is 24.3 Å². The smallest absolute Gasteiger partial charge is 0.259 e. The molecular formula is C21H21FN4O2. The molecule has 1 amide bonds. The largest absolute Gasteiger partial charge is 0.497 e. The highest BCUT2D eigenvalue weighted by atomic mass is 19.1. The summed E-state index contributed by atoms with van der Waals surface area (Å²) in [4.78, 5) is 21.0. The summed E-state index contributed by atoms with van der Waals surface area (Å²) in [5.74, 6) is 0.456. The van der Waals surface area contributed by atoms with Gasteiger partial charge < -0.3 is 15.4 Å². The summed E-state index contributed by atoms with van der Waals surface area (Å²) in [5, 5.41) is 5.79. The number of hydrogen-bond donors (Lipinski definition) is 2. The molecule has 0 saturated carbocycles. The zero-order valence-corrected chi connectivity index (χ0v) is 15.9. The van der Waals surface area contributed by atoms with Gasteiger partial charge >= 0.3 is 0 Å². The molecule has 144 valence electrons. The Bertz CT molecular complexity index is 990. The molecule has 1 heterocycles. The second kappa shape index (κ2) is 8.47. The van der Waals surface area contributed by atoms with Crippen molar-refractivity contribution in [3.8, 4) is 5.75 Å². The normalized spacial score (nSPS) is 10.4. The molecule has 0 spiro atoms. The first-order valence-electron chi connectivity index (χ1n) is 8.74. The number of carbonyl (C=O) groups is 1. The average molecular weight is 380 g/mol. The SMILES string of the molecule is COc1ccc(CNc2ncc(C(=O)Nc3ccc(C)c(F)c3)c(C)n2)cc1. The molecule has 0 saturated heterocycles. The molecule has 0 unspecified atom stereocenters. The van der Waals surface area contributed by atoms with Gasteiger partial charge in [0.05, 0.1) is 18.4 Å². The van der Waals surface area contributed by atoms with Crippen LogP contribution in [-0.4, -0.2) is 23.0 Å². The van der Waals surface area contributed by atoms with Crippen molar-refractivity contribution in [2.45, 2.75) is 20.4 Å². The highest BCUT2D eigenvalue weighted by Gasteiger charge is 2.13. The second-order valence-corrected chi connectivity index (χ2v) is 6.31. The standard InChI is InChI=1S/C21H21FN4O2/c1-13-4-7-16(10-19(13)22)26-20(27)18-12-24-21(25-14(18)2)23-11-15-5-8-17(28-3)9-6-15/h4-10,12H,11H2,1-3H3,(H,26,27)(H,23,24,25). The van der Waals surface area contributed by atoms with Crippen molar-refractivity contribution in [1.82, 2.24) is 9.97 Å². The van der Waals surface area contributed by atoms with Gasteiger partial charge in [-0.2, -0.15) is 0 Å². The third-order valence-electron chi connectivity index (χ3n) is 4.26. The van der Waals surface area contributed by atoms with E-state index in [9.17, 15) is 9.18 Å². The number of anilines is 2. The average Bonchev–Trinajstić information content (AvgIpc) is 2.69. The van der Waals surface area contributed by atoms with Crippen LogP contribution in [0.25, 0.3) is 0 Å². The van der Waals surface area contributed by atoms with Crippen LogP contribution in [0.15, 0.2) is 48.7 Å². The van der Waals surface area contributed by atoms with Crippen molar-refractivity contribution < 1.29 is 13.9 Å². The lowest BCUT2D eigenvalue weighted by molar-refractivity contribution is 0.102. The maximum absolute atomic E-state index is 13.6. The Hall–Kier alpha value is -3.48. The monoisotopic (exact) mass is 380 g/mol. The second-order valence-electron chi connectivity index (χ2n) is 6.31. The van der Waals surface area contributed by atoms with Gasteiger partial charge in [-0.05, 0) is 49.2 Å². The predicted molar refractivity (Wildman–Crippen MR) is 106 cm³/mol. The summed E-state index contributed by atoms with van der Waals surface area (Å²) in [7, 11) is 1.62. The maximum Gasteiger partial charge on any atom is 0.259 e. The number of benzene rings is 2. The number of aryl methyl sites for hydroxylation is 2. The Labute approximate surface area is 162 Å². The fourth-order valence-corrected chi connectivity index (χ4v) is 2.57. The van der Waals surface area contributed by atoms with Crippen LogP contribution in [0.4, 0.5) is 16.0 Å². The van der Waals surface area contributed by atoms with Crippen molar-refractivity contribution in [2.75, 3.05) is 17.7 Å². The molecule has 7 heteroatoms. The van der Waals surface area contributed by atoms with Gasteiger partial charge in [-0.1, -0.05) is 18.2 Å². The van der Waals surface area contributed by atoms with Gasteiger partial charge in [0.15, 0.2) is 0 Å². The van der Waals surface area contributed by atoms with Gasteiger partial charge in [0, 0.05) is 18.4 Å². The van der Waals surface area contributed by atoms with E-state index in [1.165, 1.54) is 12.3 Å². The van der Waals surface area contributed by atoms with Gasteiger partial charge in [0.25, 0.3) is 5.91 Å². The van der Waals surface area contributed by atoms with Crippen molar-refractivity contribution in [3.63, 3.8) is 0 Å². The van der Waals surface area contributed by atoms with Crippen molar-refractivity contribution in [2.24, 2.45) is 0 Å². The van der Waals surface area contributed by atoms with Crippen molar-refractivity contribution in [1.29, 1.82) is 0 Å². The number of nitrogens with one attached hydrogen (secondary N) is 2. The van der Waals surface area contributed by atoms with Crippen LogP contribution in [-0.2, 0) is 6.54 Å². The quantitative estimate of drug-likeness (QED) is 0.673. The molecule has 1 aromatic heterocycles. The number of nitrogens with zero attached hydrogens (tertiary/aromatic N) is 2. The van der Waals surface area contributed by atoms with E-state index in [2.05, 4.69) is 20.6 Å².